The van der Waals surface area contributed by atoms with Crippen LogP contribution >= 0.6 is 0 Å². The van der Waals surface area contributed by atoms with Gasteiger partial charge in [0.25, 0.3) is 11.8 Å². The lowest BCUT2D eigenvalue weighted by Crippen LogP contribution is -2.30. The molecule has 1 heterocycles. The number of nitrogens with zero attached hydrogens (tertiary/aromatic N) is 2. The molecular formula is C24H25N3O4. The summed E-state index contributed by atoms with van der Waals surface area (Å²) in [5.74, 6) is -1.17. The van der Waals surface area contributed by atoms with Gasteiger partial charge in [0.05, 0.1) is 5.56 Å². The highest BCUT2D eigenvalue weighted by molar-refractivity contribution is 5.98. The second-order valence-corrected chi connectivity index (χ2v) is 6.82. The first-order valence-corrected chi connectivity index (χ1v) is 10.1. The molecule has 0 aliphatic heterocycles. The van der Waals surface area contributed by atoms with Gasteiger partial charge in [0.2, 0.25) is 0 Å². The summed E-state index contributed by atoms with van der Waals surface area (Å²) in [5.41, 5.74) is 2.23. The number of anilines is 1. The average molecular weight is 419 g/mol. The Kier molecular flexibility index (Phi) is 7.22. The Labute approximate surface area is 181 Å². The van der Waals surface area contributed by atoms with E-state index in [1.54, 1.807) is 53.4 Å². The molecule has 31 heavy (non-hydrogen) atoms. The molecule has 2 amide bonds. The Bertz CT molecular complexity index is 1040. The summed E-state index contributed by atoms with van der Waals surface area (Å²) in [6, 6.07) is 17.4. The predicted molar refractivity (Wildman–Crippen MR) is 118 cm³/mol. The lowest BCUT2D eigenvalue weighted by Gasteiger charge is -2.19. The lowest BCUT2D eigenvalue weighted by molar-refractivity contribution is -0.119. The number of amides is 2. The standard InChI is InChI=1S/C24H25N3O4/c1-3-26(4-2)23(29)19-8-7-9-20(16-19)25-22(28)17-31-24(30)18-10-12-21(13-11-18)27-14-5-6-15-27/h5-16H,3-4,17H2,1-2H3,(H,25,28). The van der Waals surface area contributed by atoms with E-state index in [1.165, 1.54) is 0 Å². The van der Waals surface area contributed by atoms with Crippen LogP contribution in [0.3, 0.4) is 0 Å². The molecule has 3 rings (SSSR count). The lowest BCUT2D eigenvalue weighted by atomic mass is 10.1. The van der Waals surface area contributed by atoms with Crippen molar-refractivity contribution in [2.45, 2.75) is 13.8 Å². The summed E-state index contributed by atoms with van der Waals surface area (Å²) in [5, 5.41) is 2.66. The van der Waals surface area contributed by atoms with Crippen molar-refractivity contribution in [1.29, 1.82) is 0 Å². The fourth-order valence-corrected chi connectivity index (χ4v) is 3.11. The Balaban J connectivity index is 1.55. The van der Waals surface area contributed by atoms with Gasteiger partial charge in [-0.25, -0.2) is 4.79 Å². The highest BCUT2D eigenvalue weighted by atomic mass is 16.5. The van der Waals surface area contributed by atoms with Gasteiger partial charge in [0, 0.05) is 42.4 Å². The summed E-state index contributed by atoms with van der Waals surface area (Å²) in [6.45, 7) is 4.61. The highest BCUT2D eigenvalue weighted by Crippen LogP contribution is 2.14. The maximum absolute atomic E-state index is 12.5. The number of hydrogen-bond acceptors (Lipinski definition) is 4. The SMILES string of the molecule is CCN(CC)C(=O)c1cccc(NC(=O)COC(=O)c2ccc(-n3cccc3)cc2)c1. The topological polar surface area (TPSA) is 80.6 Å². The van der Waals surface area contributed by atoms with Crippen molar-refractivity contribution in [3.8, 4) is 5.69 Å². The summed E-state index contributed by atoms with van der Waals surface area (Å²) in [7, 11) is 0. The van der Waals surface area contributed by atoms with E-state index in [2.05, 4.69) is 5.32 Å². The van der Waals surface area contributed by atoms with Gasteiger partial charge in [-0.3, -0.25) is 9.59 Å². The Morgan fingerprint density at radius 3 is 2.23 bits per heavy atom. The third kappa shape index (κ3) is 5.60. The molecule has 2 aromatic carbocycles. The molecular weight excluding hydrogens is 394 g/mol. The minimum Gasteiger partial charge on any atom is -0.452 e. The zero-order valence-electron chi connectivity index (χ0n) is 17.6. The molecule has 0 saturated carbocycles. The fourth-order valence-electron chi connectivity index (χ4n) is 3.11. The van der Waals surface area contributed by atoms with Crippen molar-refractivity contribution in [2.24, 2.45) is 0 Å². The fraction of sp³-hybridized carbons (Fsp3) is 0.208. The van der Waals surface area contributed by atoms with Crippen molar-refractivity contribution < 1.29 is 19.1 Å². The van der Waals surface area contributed by atoms with Gasteiger partial charge in [-0.1, -0.05) is 6.07 Å². The van der Waals surface area contributed by atoms with Crippen LogP contribution in [0.4, 0.5) is 5.69 Å². The van der Waals surface area contributed by atoms with Crippen LogP contribution in [0.15, 0.2) is 73.1 Å². The van der Waals surface area contributed by atoms with Crippen LogP contribution in [0, 0.1) is 0 Å². The largest absolute Gasteiger partial charge is 0.452 e. The third-order valence-corrected chi connectivity index (χ3v) is 4.78. The van der Waals surface area contributed by atoms with Gasteiger partial charge in [-0.05, 0) is 68.4 Å². The molecule has 0 unspecified atom stereocenters. The van der Waals surface area contributed by atoms with Crippen molar-refractivity contribution in [1.82, 2.24) is 9.47 Å². The molecule has 3 aromatic rings. The van der Waals surface area contributed by atoms with Crippen LogP contribution in [-0.4, -0.2) is 46.9 Å². The van der Waals surface area contributed by atoms with E-state index in [0.29, 0.717) is 29.9 Å². The molecule has 0 radical (unpaired) electrons. The molecule has 0 spiro atoms. The molecule has 0 bridgehead atoms. The normalized spacial score (nSPS) is 10.4. The number of ether oxygens (including phenoxy) is 1. The van der Waals surface area contributed by atoms with E-state index in [0.717, 1.165) is 5.69 Å². The van der Waals surface area contributed by atoms with E-state index in [4.69, 9.17) is 4.74 Å². The molecule has 160 valence electrons. The van der Waals surface area contributed by atoms with Gasteiger partial charge >= 0.3 is 5.97 Å². The minimum absolute atomic E-state index is 0.101. The van der Waals surface area contributed by atoms with E-state index in [9.17, 15) is 14.4 Å². The molecule has 0 aliphatic carbocycles. The zero-order valence-corrected chi connectivity index (χ0v) is 17.6. The number of benzene rings is 2. The highest BCUT2D eigenvalue weighted by Gasteiger charge is 2.14. The number of carbonyl (C=O) groups is 3. The summed E-state index contributed by atoms with van der Waals surface area (Å²) in [6.07, 6.45) is 3.81. The van der Waals surface area contributed by atoms with Crippen LogP contribution < -0.4 is 5.32 Å². The minimum atomic E-state index is -0.584. The quantitative estimate of drug-likeness (QED) is 0.564. The summed E-state index contributed by atoms with van der Waals surface area (Å²) >= 11 is 0. The molecule has 0 aliphatic rings. The van der Waals surface area contributed by atoms with E-state index < -0.39 is 18.5 Å². The number of carbonyl (C=O) groups excluding carboxylic acids is 3. The van der Waals surface area contributed by atoms with Crippen LogP contribution in [0.5, 0.6) is 0 Å². The van der Waals surface area contributed by atoms with Gasteiger partial charge in [-0.2, -0.15) is 0 Å². The first-order valence-electron chi connectivity index (χ1n) is 10.1. The molecule has 1 N–H and O–H groups in total. The van der Waals surface area contributed by atoms with Crippen molar-refractivity contribution in [2.75, 3.05) is 25.0 Å². The van der Waals surface area contributed by atoms with E-state index >= 15 is 0 Å². The number of nitrogens with one attached hydrogen (secondary N) is 1. The van der Waals surface area contributed by atoms with E-state index in [-0.39, 0.29) is 5.91 Å². The smallest absolute Gasteiger partial charge is 0.338 e. The second-order valence-electron chi connectivity index (χ2n) is 6.82. The van der Waals surface area contributed by atoms with Crippen molar-refractivity contribution in [3.05, 3.63) is 84.2 Å². The first kappa shape index (κ1) is 21.8. The van der Waals surface area contributed by atoms with Crippen LogP contribution in [0.1, 0.15) is 34.6 Å². The average Bonchev–Trinajstić information content (AvgIpc) is 3.33. The van der Waals surface area contributed by atoms with Crippen LogP contribution in [0.2, 0.25) is 0 Å². The maximum Gasteiger partial charge on any atom is 0.338 e. The number of rotatable bonds is 8. The Morgan fingerprint density at radius 2 is 1.58 bits per heavy atom. The monoisotopic (exact) mass is 419 g/mol. The molecule has 1 aromatic heterocycles. The zero-order chi connectivity index (χ0) is 22.2. The third-order valence-electron chi connectivity index (χ3n) is 4.78. The summed E-state index contributed by atoms with van der Waals surface area (Å²) in [4.78, 5) is 38.6. The van der Waals surface area contributed by atoms with Gasteiger partial charge in [0.1, 0.15) is 0 Å². The van der Waals surface area contributed by atoms with Crippen molar-refractivity contribution in [3.63, 3.8) is 0 Å². The Hall–Kier alpha value is -3.87. The number of esters is 1. The number of aromatic nitrogens is 1. The summed E-state index contributed by atoms with van der Waals surface area (Å²) < 4.78 is 7.03. The van der Waals surface area contributed by atoms with Crippen molar-refractivity contribution >= 4 is 23.5 Å². The molecule has 7 heteroatoms. The van der Waals surface area contributed by atoms with Gasteiger partial charge in [-0.15, -0.1) is 0 Å². The molecule has 0 fully saturated rings. The van der Waals surface area contributed by atoms with Gasteiger partial charge in [0.15, 0.2) is 6.61 Å². The van der Waals surface area contributed by atoms with E-state index in [1.807, 2.05) is 42.9 Å². The van der Waals surface area contributed by atoms with Crippen LogP contribution in [-0.2, 0) is 9.53 Å². The maximum atomic E-state index is 12.5. The number of hydrogen-bond donors (Lipinski definition) is 1. The molecule has 0 saturated heterocycles. The first-order chi connectivity index (χ1) is 15.0. The van der Waals surface area contributed by atoms with Crippen LogP contribution in [0.25, 0.3) is 5.69 Å². The van der Waals surface area contributed by atoms with Gasteiger partial charge < -0.3 is 19.5 Å². The molecule has 7 nitrogen and oxygen atoms in total. The predicted octanol–water partition coefficient (Wildman–Crippen LogP) is 3.75. The Morgan fingerprint density at radius 1 is 0.903 bits per heavy atom. The second kappa shape index (κ2) is 10.2. The molecule has 0 atom stereocenters.